The monoisotopic (exact) mass is 400 g/mol. The Kier molecular flexibility index (Phi) is 5.78. The molecule has 0 fully saturated rings. The lowest BCUT2D eigenvalue weighted by Crippen LogP contribution is -2.26. The Morgan fingerprint density at radius 2 is 1.52 bits per heavy atom. The number of anilines is 1. The molecule has 0 aliphatic rings. The van der Waals surface area contributed by atoms with E-state index in [1.165, 1.54) is 36.4 Å². The summed E-state index contributed by atoms with van der Waals surface area (Å²) in [6, 6.07) is 25.2. The molecule has 5 nitrogen and oxygen atoms in total. The van der Waals surface area contributed by atoms with Crippen LogP contribution in [0.5, 0.6) is 0 Å². The molecule has 0 unspecified atom stereocenters. The second-order valence-electron chi connectivity index (χ2n) is 6.17. The Balaban J connectivity index is 2.02. The molecule has 0 amide bonds. The lowest BCUT2D eigenvalue weighted by Gasteiger charge is -2.18. The second kappa shape index (κ2) is 8.43. The van der Waals surface area contributed by atoms with Gasteiger partial charge in [0.2, 0.25) is 5.78 Å². The van der Waals surface area contributed by atoms with Gasteiger partial charge in [0.05, 0.1) is 22.2 Å². The number of hydrogen-bond donors (Lipinski definition) is 0. The molecule has 29 heavy (non-hydrogen) atoms. The van der Waals surface area contributed by atoms with Gasteiger partial charge in [0.15, 0.2) is 0 Å². The molecule has 0 aliphatic carbocycles. The maximum absolute atomic E-state index is 13.2. The number of carbonyl (C=O) groups excluding carboxylic acids is 1. The summed E-state index contributed by atoms with van der Waals surface area (Å²) in [4.78, 5) is 12.5. The zero-order valence-corrected chi connectivity index (χ0v) is 16.3. The van der Waals surface area contributed by atoms with E-state index in [4.69, 9.17) is 5.26 Å². The molecule has 0 saturated heterocycles. The molecular formula is C23H16N2O3S. The largest absolute Gasteiger partial charge is 0.279 e. The van der Waals surface area contributed by atoms with Gasteiger partial charge in [-0.1, -0.05) is 35.9 Å². The number of Topliss-reactive ketones (excluding diaryl/α,β-unsaturated/α-hetero) is 1. The number of sulfonamides is 1. The molecule has 0 N–H and O–H groups in total. The zero-order valence-electron chi connectivity index (χ0n) is 15.5. The molecule has 0 spiro atoms. The van der Waals surface area contributed by atoms with Crippen LogP contribution in [0, 0.1) is 30.2 Å². The summed E-state index contributed by atoms with van der Waals surface area (Å²) in [6.45, 7) is 1.86. The second-order valence-corrected chi connectivity index (χ2v) is 7.96. The fourth-order valence-electron chi connectivity index (χ4n) is 2.51. The number of benzene rings is 3. The first-order chi connectivity index (χ1) is 13.9. The molecule has 3 aromatic carbocycles. The van der Waals surface area contributed by atoms with Crippen molar-refractivity contribution in [1.82, 2.24) is 0 Å². The standard InChI is InChI=1S/C23H16N2O3S/c1-18-7-13-22(14-8-18)29(27,28)25(21-5-3-2-4-6-21)16-15-23(26)20-11-9-19(17-24)10-12-20/h2-14H,1H3. The normalized spacial score (nSPS) is 10.3. The van der Waals surface area contributed by atoms with E-state index >= 15 is 0 Å². The Bertz CT molecular complexity index is 1230. The van der Waals surface area contributed by atoms with Crippen LogP contribution in [0.25, 0.3) is 0 Å². The van der Waals surface area contributed by atoms with Gasteiger partial charge in [0.25, 0.3) is 10.0 Å². The number of nitrogens with zero attached hydrogens (tertiary/aromatic N) is 2. The summed E-state index contributed by atoms with van der Waals surface area (Å²) in [5.74, 6) is 1.85. The average molecular weight is 400 g/mol. The van der Waals surface area contributed by atoms with Crippen LogP contribution in [-0.4, -0.2) is 14.2 Å². The lowest BCUT2D eigenvalue weighted by atomic mass is 10.1. The van der Waals surface area contributed by atoms with E-state index in [9.17, 15) is 13.2 Å². The van der Waals surface area contributed by atoms with Gasteiger partial charge in [0.1, 0.15) is 0 Å². The summed E-state index contributed by atoms with van der Waals surface area (Å²) < 4.78 is 27.2. The molecule has 0 bridgehead atoms. The van der Waals surface area contributed by atoms with Gasteiger partial charge in [-0.15, -0.1) is 0 Å². The van der Waals surface area contributed by atoms with E-state index in [0.717, 1.165) is 9.87 Å². The van der Waals surface area contributed by atoms with E-state index in [0.29, 0.717) is 11.3 Å². The molecule has 6 heteroatoms. The third kappa shape index (κ3) is 4.52. The first-order valence-corrected chi connectivity index (χ1v) is 10.1. The molecule has 0 atom stereocenters. The lowest BCUT2D eigenvalue weighted by molar-refractivity contribution is 0.105. The van der Waals surface area contributed by atoms with E-state index < -0.39 is 15.8 Å². The van der Waals surface area contributed by atoms with Gasteiger partial charge in [-0.2, -0.15) is 9.57 Å². The summed E-state index contributed by atoms with van der Waals surface area (Å²) in [7, 11) is -3.99. The molecule has 3 aromatic rings. The highest BCUT2D eigenvalue weighted by molar-refractivity contribution is 7.93. The molecule has 3 rings (SSSR count). The van der Waals surface area contributed by atoms with Crippen LogP contribution in [-0.2, 0) is 10.0 Å². The molecule has 0 radical (unpaired) electrons. The number of ketones is 1. The molecule has 142 valence electrons. The molecule has 0 heterocycles. The number of rotatable bonds is 4. The summed E-state index contributed by atoms with van der Waals surface area (Å²) >= 11 is 0. The van der Waals surface area contributed by atoms with Gasteiger partial charge in [-0.05, 0) is 55.5 Å². The number of aryl methyl sites for hydroxylation is 1. The van der Waals surface area contributed by atoms with Crippen molar-refractivity contribution >= 4 is 21.5 Å². The van der Waals surface area contributed by atoms with Crippen LogP contribution >= 0.6 is 0 Å². The van der Waals surface area contributed by atoms with Gasteiger partial charge >= 0.3 is 0 Å². The van der Waals surface area contributed by atoms with Gasteiger partial charge in [-0.25, -0.2) is 8.42 Å². The van der Waals surface area contributed by atoms with Crippen LogP contribution in [0.3, 0.4) is 0 Å². The average Bonchev–Trinajstić information content (AvgIpc) is 2.74. The summed E-state index contributed by atoms with van der Waals surface area (Å²) in [5, 5.41) is 8.85. The highest BCUT2D eigenvalue weighted by Crippen LogP contribution is 2.23. The topological polar surface area (TPSA) is 78.2 Å². The van der Waals surface area contributed by atoms with E-state index in [1.807, 2.05) is 13.0 Å². The van der Waals surface area contributed by atoms with Crippen molar-refractivity contribution in [1.29, 1.82) is 5.26 Å². The van der Waals surface area contributed by atoms with Crippen LogP contribution in [0.4, 0.5) is 5.69 Å². The summed E-state index contributed by atoms with van der Waals surface area (Å²) in [5.41, 5.74) is 1.95. The van der Waals surface area contributed by atoms with Crippen molar-refractivity contribution in [3.8, 4) is 18.0 Å². The van der Waals surface area contributed by atoms with Crippen molar-refractivity contribution in [2.24, 2.45) is 0 Å². The highest BCUT2D eigenvalue weighted by atomic mass is 32.2. The maximum Gasteiger partial charge on any atom is 0.275 e. The number of para-hydroxylation sites is 1. The quantitative estimate of drug-likeness (QED) is 0.378. The maximum atomic E-state index is 13.2. The first kappa shape index (κ1) is 19.9. The van der Waals surface area contributed by atoms with Crippen molar-refractivity contribution in [2.75, 3.05) is 4.31 Å². The van der Waals surface area contributed by atoms with Gasteiger partial charge in [-0.3, -0.25) is 4.79 Å². The first-order valence-electron chi connectivity index (χ1n) is 8.65. The minimum Gasteiger partial charge on any atom is -0.279 e. The molecular weight excluding hydrogens is 384 g/mol. The third-order valence-corrected chi connectivity index (χ3v) is 5.75. The molecule has 0 aliphatic heterocycles. The SMILES string of the molecule is Cc1ccc(S(=O)(=O)N(C#CC(=O)c2ccc(C#N)cc2)c2ccccc2)cc1. The smallest absolute Gasteiger partial charge is 0.275 e. The van der Waals surface area contributed by atoms with Crippen molar-refractivity contribution in [3.63, 3.8) is 0 Å². The Labute approximate surface area is 169 Å². The Morgan fingerprint density at radius 1 is 0.897 bits per heavy atom. The fraction of sp³-hybridized carbons (Fsp3) is 0.0435. The summed E-state index contributed by atoms with van der Waals surface area (Å²) in [6.07, 6.45) is 0. The minimum absolute atomic E-state index is 0.0760. The predicted octanol–water partition coefficient (Wildman–Crippen LogP) is 3.91. The number of nitriles is 1. The van der Waals surface area contributed by atoms with E-state index in [2.05, 4.69) is 12.0 Å². The molecule has 0 saturated carbocycles. The van der Waals surface area contributed by atoms with Crippen LogP contribution in [0.15, 0.2) is 83.8 Å². The Morgan fingerprint density at radius 3 is 2.10 bits per heavy atom. The van der Waals surface area contributed by atoms with Crippen molar-refractivity contribution < 1.29 is 13.2 Å². The van der Waals surface area contributed by atoms with E-state index in [-0.39, 0.29) is 10.5 Å². The zero-order chi connectivity index (χ0) is 20.9. The number of hydrogen-bond acceptors (Lipinski definition) is 4. The van der Waals surface area contributed by atoms with Crippen LogP contribution in [0.2, 0.25) is 0 Å². The minimum atomic E-state index is -3.99. The Hall–Kier alpha value is -3.87. The highest BCUT2D eigenvalue weighted by Gasteiger charge is 2.24. The number of carbonyl (C=O) groups is 1. The van der Waals surface area contributed by atoms with Gasteiger partial charge < -0.3 is 0 Å². The predicted molar refractivity (Wildman–Crippen MR) is 111 cm³/mol. The van der Waals surface area contributed by atoms with Crippen molar-refractivity contribution in [3.05, 3.63) is 95.6 Å². The van der Waals surface area contributed by atoms with Crippen molar-refractivity contribution in [2.45, 2.75) is 11.8 Å². The molecule has 0 aromatic heterocycles. The third-order valence-electron chi connectivity index (χ3n) is 4.10. The van der Waals surface area contributed by atoms with E-state index in [1.54, 1.807) is 42.5 Å². The van der Waals surface area contributed by atoms with Gasteiger partial charge in [0, 0.05) is 17.5 Å². The van der Waals surface area contributed by atoms with Crippen LogP contribution in [0.1, 0.15) is 21.5 Å². The fourth-order valence-corrected chi connectivity index (χ4v) is 3.77. The van der Waals surface area contributed by atoms with Crippen LogP contribution < -0.4 is 4.31 Å².